The van der Waals surface area contributed by atoms with Gasteiger partial charge in [0.15, 0.2) is 0 Å². The zero-order valence-corrected chi connectivity index (χ0v) is 8.70. The summed E-state index contributed by atoms with van der Waals surface area (Å²) in [5.74, 6) is 0.587. The summed E-state index contributed by atoms with van der Waals surface area (Å²) in [5, 5.41) is 12.1. The zero-order chi connectivity index (χ0) is 10.8. The molecule has 2 bridgehead atoms. The Morgan fingerprint density at radius 3 is 2.80 bits per heavy atom. The first-order valence-corrected chi connectivity index (χ1v) is 5.59. The van der Waals surface area contributed by atoms with Gasteiger partial charge in [0.25, 0.3) is 6.43 Å². The lowest BCUT2D eigenvalue weighted by Gasteiger charge is -2.31. The van der Waals surface area contributed by atoms with E-state index in [0.717, 1.165) is 32.5 Å². The fourth-order valence-corrected chi connectivity index (χ4v) is 2.58. The van der Waals surface area contributed by atoms with Crippen molar-refractivity contribution in [1.82, 2.24) is 10.2 Å². The van der Waals surface area contributed by atoms with Gasteiger partial charge in [0.2, 0.25) is 0 Å². The van der Waals surface area contributed by atoms with Gasteiger partial charge >= 0.3 is 0 Å². The standard InChI is InChI=1S/C10H18F2N2O/c11-10(12)9(15)5-13-8-2-4-14-3-1-7(8)6-14/h7-10,13,15H,1-6H2. The Bertz CT molecular complexity index is 216. The Morgan fingerprint density at radius 1 is 1.33 bits per heavy atom. The smallest absolute Gasteiger partial charge is 0.265 e. The SMILES string of the molecule is OC(CNC1CCN2CCC1C2)C(F)F. The molecule has 0 spiro atoms. The van der Waals surface area contributed by atoms with Gasteiger partial charge < -0.3 is 15.3 Å². The Kier molecular flexibility index (Phi) is 3.53. The lowest BCUT2D eigenvalue weighted by molar-refractivity contribution is -0.00629. The summed E-state index contributed by atoms with van der Waals surface area (Å²) in [7, 11) is 0. The zero-order valence-electron chi connectivity index (χ0n) is 8.70. The summed E-state index contributed by atoms with van der Waals surface area (Å²) >= 11 is 0. The molecule has 2 aliphatic rings. The number of nitrogens with one attached hydrogen (secondary N) is 1. The summed E-state index contributed by atoms with van der Waals surface area (Å²) in [6, 6.07) is 0.317. The van der Waals surface area contributed by atoms with Crippen LogP contribution in [0.2, 0.25) is 0 Å². The van der Waals surface area contributed by atoms with Gasteiger partial charge in [-0.1, -0.05) is 0 Å². The maximum absolute atomic E-state index is 12.1. The fourth-order valence-electron chi connectivity index (χ4n) is 2.58. The second-order valence-corrected chi connectivity index (χ2v) is 4.55. The molecular weight excluding hydrogens is 202 g/mol. The molecule has 4 unspecified atom stereocenters. The number of alkyl halides is 2. The van der Waals surface area contributed by atoms with Crippen molar-refractivity contribution < 1.29 is 13.9 Å². The highest BCUT2D eigenvalue weighted by Gasteiger charge is 2.34. The molecule has 0 aromatic rings. The quantitative estimate of drug-likeness (QED) is 0.715. The number of aliphatic hydroxyl groups excluding tert-OH is 1. The van der Waals surface area contributed by atoms with Gasteiger partial charge in [-0.25, -0.2) is 8.78 Å². The molecule has 88 valence electrons. The van der Waals surface area contributed by atoms with E-state index in [1.165, 1.54) is 0 Å². The summed E-state index contributed by atoms with van der Waals surface area (Å²) in [4.78, 5) is 2.41. The van der Waals surface area contributed by atoms with Crippen LogP contribution in [0.4, 0.5) is 8.78 Å². The third kappa shape index (κ3) is 2.65. The van der Waals surface area contributed by atoms with Crippen LogP contribution in [0.5, 0.6) is 0 Å². The Morgan fingerprint density at radius 2 is 2.07 bits per heavy atom. The number of hydrogen-bond donors (Lipinski definition) is 2. The van der Waals surface area contributed by atoms with E-state index in [0.29, 0.717) is 12.0 Å². The van der Waals surface area contributed by atoms with Gasteiger partial charge in [-0.15, -0.1) is 0 Å². The van der Waals surface area contributed by atoms with Gasteiger partial charge in [-0.2, -0.15) is 0 Å². The van der Waals surface area contributed by atoms with E-state index >= 15 is 0 Å². The van der Waals surface area contributed by atoms with Crippen molar-refractivity contribution in [3.63, 3.8) is 0 Å². The largest absolute Gasteiger partial charge is 0.386 e. The third-order valence-corrected chi connectivity index (χ3v) is 3.51. The van der Waals surface area contributed by atoms with Gasteiger partial charge in [-0.05, 0) is 31.8 Å². The molecule has 3 nitrogen and oxygen atoms in total. The molecule has 0 aromatic carbocycles. The molecule has 2 heterocycles. The first kappa shape index (κ1) is 11.2. The molecule has 15 heavy (non-hydrogen) atoms. The molecule has 2 N–H and O–H groups in total. The number of piperidine rings is 1. The summed E-state index contributed by atoms with van der Waals surface area (Å²) in [6.45, 7) is 3.29. The predicted molar refractivity (Wildman–Crippen MR) is 53.0 cm³/mol. The van der Waals surface area contributed by atoms with E-state index in [-0.39, 0.29) is 6.54 Å². The first-order chi connectivity index (χ1) is 7.16. The van der Waals surface area contributed by atoms with Crippen molar-refractivity contribution >= 4 is 0 Å². The molecule has 2 fully saturated rings. The van der Waals surface area contributed by atoms with Crippen LogP contribution in [0.15, 0.2) is 0 Å². The average molecular weight is 220 g/mol. The average Bonchev–Trinajstić information content (AvgIpc) is 2.59. The minimum Gasteiger partial charge on any atom is -0.386 e. The van der Waals surface area contributed by atoms with Crippen LogP contribution in [-0.4, -0.2) is 54.8 Å². The normalized spacial score (nSPS) is 37.2. The number of nitrogens with zero attached hydrogens (tertiary/aromatic N) is 1. The maximum atomic E-state index is 12.1. The van der Waals surface area contributed by atoms with Crippen molar-refractivity contribution in [2.75, 3.05) is 26.2 Å². The topological polar surface area (TPSA) is 35.5 Å². The monoisotopic (exact) mass is 220 g/mol. The number of rotatable bonds is 4. The van der Waals surface area contributed by atoms with E-state index < -0.39 is 12.5 Å². The Hall–Kier alpha value is -0.260. The number of halogens is 2. The van der Waals surface area contributed by atoms with E-state index in [1.807, 2.05) is 0 Å². The Labute approximate surface area is 88.4 Å². The lowest BCUT2D eigenvalue weighted by Crippen LogP contribution is -2.47. The lowest BCUT2D eigenvalue weighted by atomic mass is 9.94. The van der Waals surface area contributed by atoms with Crippen LogP contribution in [0.3, 0.4) is 0 Å². The second-order valence-electron chi connectivity index (χ2n) is 4.55. The van der Waals surface area contributed by atoms with Gasteiger partial charge in [0, 0.05) is 19.1 Å². The molecule has 0 amide bonds. The number of fused-ring (bicyclic) bond motifs is 2. The minimum absolute atomic E-state index is 0.0127. The molecule has 4 atom stereocenters. The van der Waals surface area contributed by atoms with Crippen molar-refractivity contribution in [2.24, 2.45) is 5.92 Å². The van der Waals surface area contributed by atoms with Crippen LogP contribution in [0.25, 0.3) is 0 Å². The highest BCUT2D eigenvalue weighted by atomic mass is 19.3. The van der Waals surface area contributed by atoms with Gasteiger partial charge in [0.05, 0.1) is 0 Å². The molecule has 2 saturated heterocycles. The van der Waals surface area contributed by atoms with E-state index in [9.17, 15) is 8.78 Å². The van der Waals surface area contributed by atoms with Gasteiger partial charge in [-0.3, -0.25) is 0 Å². The maximum Gasteiger partial charge on any atom is 0.265 e. The van der Waals surface area contributed by atoms with Crippen LogP contribution < -0.4 is 5.32 Å². The fraction of sp³-hybridized carbons (Fsp3) is 1.00. The van der Waals surface area contributed by atoms with Crippen LogP contribution in [-0.2, 0) is 0 Å². The molecular formula is C10H18F2N2O. The number of hydrogen-bond acceptors (Lipinski definition) is 3. The molecule has 0 aromatic heterocycles. The van der Waals surface area contributed by atoms with E-state index in [4.69, 9.17) is 5.11 Å². The van der Waals surface area contributed by atoms with Crippen LogP contribution >= 0.6 is 0 Å². The second kappa shape index (κ2) is 4.72. The van der Waals surface area contributed by atoms with Crippen LogP contribution in [0, 0.1) is 5.92 Å². The molecule has 2 aliphatic heterocycles. The van der Waals surface area contributed by atoms with E-state index in [2.05, 4.69) is 10.2 Å². The summed E-state index contributed by atoms with van der Waals surface area (Å²) in [5.41, 5.74) is 0. The summed E-state index contributed by atoms with van der Waals surface area (Å²) < 4.78 is 24.1. The molecule has 0 aliphatic carbocycles. The highest BCUT2D eigenvalue weighted by molar-refractivity contribution is 4.91. The van der Waals surface area contributed by atoms with Crippen LogP contribution in [0.1, 0.15) is 12.8 Å². The Balaban J connectivity index is 1.75. The van der Waals surface area contributed by atoms with Crippen molar-refractivity contribution in [3.05, 3.63) is 0 Å². The van der Waals surface area contributed by atoms with Crippen molar-refractivity contribution in [2.45, 2.75) is 31.4 Å². The molecule has 5 heteroatoms. The predicted octanol–water partition coefficient (Wildman–Crippen LogP) is 0.296. The molecule has 2 rings (SSSR count). The van der Waals surface area contributed by atoms with Crippen molar-refractivity contribution in [3.8, 4) is 0 Å². The summed E-state index contributed by atoms with van der Waals surface area (Å²) in [6.07, 6.45) is -1.99. The number of aliphatic hydroxyl groups is 1. The third-order valence-electron chi connectivity index (χ3n) is 3.51. The van der Waals surface area contributed by atoms with E-state index in [1.54, 1.807) is 0 Å². The first-order valence-electron chi connectivity index (χ1n) is 5.59. The highest BCUT2D eigenvalue weighted by Crippen LogP contribution is 2.26. The molecule has 0 radical (unpaired) electrons. The van der Waals surface area contributed by atoms with Gasteiger partial charge in [0.1, 0.15) is 6.10 Å². The van der Waals surface area contributed by atoms with Crippen molar-refractivity contribution in [1.29, 1.82) is 0 Å². The molecule has 0 saturated carbocycles. The minimum atomic E-state index is -2.64.